The molecule has 1 N–H and O–H groups in total. The van der Waals surface area contributed by atoms with Crippen LogP contribution in [0.2, 0.25) is 0 Å². The van der Waals surface area contributed by atoms with Crippen molar-refractivity contribution in [2.75, 3.05) is 7.11 Å². The van der Waals surface area contributed by atoms with Crippen molar-refractivity contribution in [2.45, 2.75) is 13.0 Å². The van der Waals surface area contributed by atoms with Crippen LogP contribution in [0.4, 0.5) is 0 Å². The molecule has 0 saturated heterocycles. The lowest BCUT2D eigenvalue weighted by Gasteiger charge is -2.22. The highest BCUT2D eigenvalue weighted by Gasteiger charge is 2.26. The number of phosphoric ester groups is 1. The number of nitrogens with zero attached hydrogens (tertiary/aromatic N) is 1. The van der Waals surface area contributed by atoms with E-state index in [0.717, 1.165) is 17.3 Å². The highest BCUT2D eigenvalue weighted by atomic mass is 35.5. The summed E-state index contributed by atoms with van der Waals surface area (Å²) in [6.07, 6.45) is 0. The summed E-state index contributed by atoms with van der Waals surface area (Å²) < 4.78 is 20.7. The minimum absolute atomic E-state index is 0.376. The van der Waals surface area contributed by atoms with Crippen LogP contribution in [-0.2, 0) is 13.7 Å². The summed E-state index contributed by atoms with van der Waals surface area (Å²) in [6.45, 7) is 1.73. The smallest absolute Gasteiger partial charge is 0.301 e. The zero-order valence-electron chi connectivity index (χ0n) is 8.91. The molecule has 0 aliphatic rings. The van der Waals surface area contributed by atoms with E-state index in [2.05, 4.69) is 9.15 Å². The monoisotopic (exact) mass is 265 g/mol. The molecule has 0 radical (unpaired) electrons. The van der Waals surface area contributed by atoms with Gasteiger partial charge in [-0.05, 0) is 12.5 Å². The number of hydroxylamine groups is 1. The second kappa shape index (κ2) is 5.77. The number of hydrogen-bond donors (Lipinski definition) is 1. The third-order valence-corrected chi connectivity index (χ3v) is 3.30. The number of benzene rings is 1. The molecule has 16 heavy (non-hydrogen) atoms. The molecule has 0 aromatic heterocycles. The maximum atomic E-state index is 11.1. The second-order valence-corrected chi connectivity index (χ2v) is 4.89. The lowest BCUT2D eigenvalue weighted by Crippen LogP contribution is -2.16. The summed E-state index contributed by atoms with van der Waals surface area (Å²) in [5.41, 5.74) is 0.855. The highest BCUT2D eigenvalue weighted by Crippen LogP contribution is 2.45. The van der Waals surface area contributed by atoms with E-state index in [1.807, 2.05) is 30.3 Å². The lowest BCUT2D eigenvalue weighted by molar-refractivity contribution is -0.0308. The van der Waals surface area contributed by atoms with E-state index in [1.54, 1.807) is 6.92 Å². The van der Waals surface area contributed by atoms with Gasteiger partial charge in [0, 0.05) is 18.9 Å². The molecule has 90 valence electrons. The fourth-order valence-electron chi connectivity index (χ4n) is 1.05. The van der Waals surface area contributed by atoms with Crippen molar-refractivity contribution in [1.82, 2.24) is 4.58 Å². The number of phosphoric acid groups is 1. The average molecular weight is 266 g/mol. The maximum absolute atomic E-state index is 11.1. The van der Waals surface area contributed by atoms with Gasteiger partial charge in [-0.25, -0.2) is 4.57 Å². The molecule has 0 fully saturated rings. The quantitative estimate of drug-likeness (QED) is 0.504. The van der Waals surface area contributed by atoms with E-state index in [-0.39, 0.29) is 6.04 Å². The summed E-state index contributed by atoms with van der Waals surface area (Å²) in [5.74, 6) is 0. The van der Waals surface area contributed by atoms with Gasteiger partial charge in [0.2, 0.25) is 0 Å². The fraction of sp³-hybridized carbons (Fsp3) is 0.333. The highest BCUT2D eigenvalue weighted by molar-refractivity contribution is 7.47. The lowest BCUT2D eigenvalue weighted by atomic mass is 10.1. The summed E-state index contributed by atoms with van der Waals surface area (Å²) in [4.78, 5) is 9.07. The second-order valence-electron chi connectivity index (χ2n) is 3.09. The van der Waals surface area contributed by atoms with Crippen LogP contribution in [0.25, 0.3) is 0 Å². The molecule has 1 rings (SSSR count). The van der Waals surface area contributed by atoms with Gasteiger partial charge in [0.1, 0.15) is 0 Å². The molecule has 1 aromatic carbocycles. The summed E-state index contributed by atoms with van der Waals surface area (Å²) in [6, 6.07) is 8.83. The van der Waals surface area contributed by atoms with Gasteiger partial charge in [-0.1, -0.05) is 34.9 Å². The van der Waals surface area contributed by atoms with Gasteiger partial charge in [-0.2, -0.15) is 4.62 Å². The molecule has 0 saturated carbocycles. The van der Waals surface area contributed by atoms with Gasteiger partial charge in [0.15, 0.2) is 0 Å². The van der Waals surface area contributed by atoms with Crippen molar-refractivity contribution in [2.24, 2.45) is 0 Å². The summed E-state index contributed by atoms with van der Waals surface area (Å²) in [7, 11) is -3.04. The van der Waals surface area contributed by atoms with Gasteiger partial charge in [0.25, 0.3) is 0 Å². The first-order valence-corrected chi connectivity index (χ1v) is 6.38. The van der Waals surface area contributed by atoms with Crippen molar-refractivity contribution in [1.29, 1.82) is 0 Å². The first-order chi connectivity index (χ1) is 7.46. The Labute approximate surface area is 99.2 Å². The van der Waals surface area contributed by atoms with Gasteiger partial charge in [-0.3, -0.25) is 4.52 Å². The summed E-state index contributed by atoms with van der Waals surface area (Å²) in [5, 5.41) is 0. The largest absolute Gasteiger partial charge is 0.489 e. The topological polar surface area (TPSA) is 59.0 Å². The Bertz CT molecular complexity index is 375. The Balaban J connectivity index is 2.68. The molecule has 0 aliphatic carbocycles. The summed E-state index contributed by atoms with van der Waals surface area (Å²) >= 11 is 5.73. The molecule has 7 heteroatoms. The van der Waals surface area contributed by atoms with Crippen LogP contribution in [0, 0.1) is 0 Å². The number of hydrogen-bond acceptors (Lipinski definition) is 4. The molecule has 5 nitrogen and oxygen atoms in total. The van der Waals surface area contributed by atoms with Crippen molar-refractivity contribution >= 4 is 19.6 Å². The minimum atomic E-state index is -4.11. The van der Waals surface area contributed by atoms with Crippen LogP contribution in [0.3, 0.4) is 0 Å². The first-order valence-electron chi connectivity index (χ1n) is 4.54. The predicted octanol–water partition coefficient (Wildman–Crippen LogP) is 2.88. The molecule has 0 aliphatic heterocycles. The van der Waals surface area contributed by atoms with Crippen molar-refractivity contribution in [3.05, 3.63) is 35.9 Å². The predicted molar refractivity (Wildman–Crippen MR) is 60.5 cm³/mol. The van der Waals surface area contributed by atoms with Crippen LogP contribution in [-0.4, -0.2) is 16.6 Å². The molecule has 0 bridgehead atoms. The Kier molecular flexibility index (Phi) is 4.92. The maximum Gasteiger partial charge on any atom is 0.489 e. The van der Waals surface area contributed by atoms with E-state index >= 15 is 0 Å². The van der Waals surface area contributed by atoms with Crippen molar-refractivity contribution < 1.29 is 18.6 Å². The van der Waals surface area contributed by atoms with E-state index in [0.29, 0.717) is 0 Å². The number of halogens is 1. The van der Waals surface area contributed by atoms with Gasteiger partial charge in [-0.15, -0.1) is 0 Å². The fourth-order valence-corrected chi connectivity index (χ4v) is 1.80. The molecular weight excluding hydrogens is 253 g/mol. The van der Waals surface area contributed by atoms with Crippen molar-refractivity contribution in [3.8, 4) is 0 Å². The Morgan fingerprint density at radius 2 is 2.00 bits per heavy atom. The first kappa shape index (κ1) is 13.6. The van der Waals surface area contributed by atoms with E-state index in [4.69, 9.17) is 16.7 Å². The minimum Gasteiger partial charge on any atom is -0.301 e. The van der Waals surface area contributed by atoms with Gasteiger partial charge >= 0.3 is 7.82 Å². The molecule has 1 aromatic rings. The third-order valence-electron chi connectivity index (χ3n) is 2.00. The van der Waals surface area contributed by atoms with Crippen LogP contribution >= 0.6 is 19.6 Å². The van der Waals surface area contributed by atoms with E-state index < -0.39 is 7.82 Å². The normalized spacial score (nSPS) is 17.1. The zero-order valence-corrected chi connectivity index (χ0v) is 10.6. The van der Waals surface area contributed by atoms with Crippen LogP contribution in [0.15, 0.2) is 30.3 Å². The Morgan fingerprint density at radius 3 is 2.50 bits per heavy atom. The average Bonchev–Trinajstić information content (AvgIpc) is 2.28. The molecule has 0 heterocycles. The van der Waals surface area contributed by atoms with E-state index in [1.165, 1.54) is 0 Å². The SMILES string of the molecule is COP(=O)(O)ON(Cl)[C@H](C)c1ccccc1. The Morgan fingerprint density at radius 1 is 1.44 bits per heavy atom. The molecule has 2 atom stereocenters. The Hall–Kier alpha value is -0.420. The van der Waals surface area contributed by atoms with Crippen LogP contribution < -0.4 is 0 Å². The third kappa shape index (κ3) is 3.87. The van der Waals surface area contributed by atoms with E-state index in [9.17, 15) is 4.57 Å². The molecule has 1 unspecified atom stereocenters. The molecular formula is C9H13ClNO4P. The van der Waals surface area contributed by atoms with Gasteiger partial charge in [0.05, 0.1) is 6.04 Å². The number of rotatable bonds is 5. The molecule has 0 amide bonds. The van der Waals surface area contributed by atoms with Crippen LogP contribution in [0.5, 0.6) is 0 Å². The van der Waals surface area contributed by atoms with Gasteiger partial charge < -0.3 is 4.89 Å². The zero-order chi connectivity index (χ0) is 12.2. The van der Waals surface area contributed by atoms with Crippen molar-refractivity contribution in [3.63, 3.8) is 0 Å². The molecule has 0 spiro atoms. The standard InChI is InChI=1S/C9H13ClNO4P/c1-8(9-6-4-3-5-7-9)11(10)15-16(12,13)14-2/h3-8H,1-2H3,(H,12,13)/t8-/m1/s1. The van der Waals surface area contributed by atoms with Crippen LogP contribution in [0.1, 0.15) is 18.5 Å².